The van der Waals surface area contributed by atoms with E-state index in [1.165, 1.54) is 18.9 Å². The number of ether oxygens (including phenoxy) is 3. The lowest BCUT2D eigenvalue weighted by Crippen LogP contribution is -2.47. The molecule has 2 aliphatic heterocycles. The number of fused-ring (bicyclic) bond motifs is 2. The number of methoxy groups -OCH3 is 1. The Morgan fingerprint density at radius 1 is 1.37 bits per heavy atom. The van der Waals surface area contributed by atoms with Crippen LogP contribution < -0.4 is 10.6 Å². The summed E-state index contributed by atoms with van der Waals surface area (Å²) in [7, 11) is 3.06. The summed E-state index contributed by atoms with van der Waals surface area (Å²) in [5, 5.41) is 9.78. The van der Waals surface area contributed by atoms with Crippen molar-refractivity contribution in [2.45, 2.75) is 12.3 Å². The zero-order valence-corrected chi connectivity index (χ0v) is 15.2. The molecule has 1 aromatic carbocycles. The highest BCUT2D eigenvalue weighted by molar-refractivity contribution is 6.18. The fourth-order valence-electron chi connectivity index (χ4n) is 3.61. The summed E-state index contributed by atoms with van der Waals surface area (Å²) >= 11 is 0. The number of hydrogen-bond donors (Lipinski definition) is 1. The van der Waals surface area contributed by atoms with Crippen LogP contribution in [0.15, 0.2) is 47.1 Å². The van der Waals surface area contributed by atoms with Crippen LogP contribution in [-0.4, -0.2) is 39.2 Å². The smallest absolute Gasteiger partial charge is 0.339 e. The van der Waals surface area contributed by atoms with Gasteiger partial charge in [-0.2, -0.15) is 5.26 Å². The molecule has 8 heteroatoms. The second-order valence-corrected chi connectivity index (χ2v) is 6.14. The van der Waals surface area contributed by atoms with Crippen LogP contribution in [0.4, 0.5) is 5.69 Å². The van der Waals surface area contributed by atoms with E-state index in [1.54, 1.807) is 31.3 Å². The Balaban J connectivity index is 2.28. The number of nitrogens with two attached hydrogens (primary N) is 1. The van der Waals surface area contributed by atoms with Gasteiger partial charge in [0.1, 0.15) is 29.6 Å². The maximum absolute atomic E-state index is 13.4. The van der Waals surface area contributed by atoms with Crippen LogP contribution in [0.25, 0.3) is 0 Å². The third kappa shape index (κ3) is 2.47. The molecule has 1 unspecified atom stereocenters. The molecular formula is C19H19N3O5. The van der Waals surface area contributed by atoms with E-state index in [2.05, 4.69) is 0 Å². The highest BCUT2D eigenvalue weighted by Crippen LogP contribution is 2.53. The van der Waals surface area contributed by atoms with Gasteiger partial charge in [0.15, 0.2) is 5.41 Å². The first-order valence-electron chi connectivity index (χ1n) is 8.24. The first-order chi connectivity index (χ1) is 12.9. The summed E-state index contributed by atoms with van der Waals surface area (Å²) in [6.45, 7) is 1.71. The van der Waals surface area contributed by atoms with Crippen LogP contribution in [-0.2, 0) is 29.2 Å². The molecule has 0 saturated carbocycles. The minimum atomic E-state index is -1.70. The van der Waals surface area contributed by atoms with Gasteiger partial charge < -0.3 is 24.8 Å². The number of amides is 1. The van der Waals surface area contributed by atoms with Gasteiger partial charge >= 0.3 is 5.97 Å². The van der Waals surface area contributed by atoms with Crippen LogP contribution in [0.5, 0.6) is 0 Å². The monoisotopic (exact) mass is 369 g/mol. The number of anilines is 1. The molecule has 0 saturated heterocycles. The number of carbonyl (C=O) groups is 2. The molecule has 0 aliphatic carbocycles. The van der Waals surface area contributed by atoms with Gasteiger partial charge in [-0.15, -0.1) is 0 Å². The molecule has 0 bridgehead atoms. The topological polar surface area (TPSA) is 115 Å². The SMILES string of the molecule is COCCOC(=O)C1=C(C)OC(N)=C(C#N)C12C(=O)N(C)c1ccccc12. The number of benzene rings is 1. The predicted octanol–water partition coefficient (Wildman–Crippen LogP) is 1.09. The Bertz CT molecular complexity index is 928. The standard InChI is InChI=1S/C19H19N3O5/c1-11-15(17(23)26-9-8-25-3)19(13(10-20)16(21)27-11)12-6-4-5-7-14(12)22(2)18(19)24/h4-7H,8-9,21H2,1-3H3. The van der Waals surface area contributed by atoms with E-state index in [9.17, 15) is 14.9 Å². The van der Waals surface area contributed by atoms with Crippen molar-refractivity contribution in [1.82, 2.24) is 0 Å². The van der Waals surface area contributed by atoms with Crippen molar-refractivity contribution in [2.24, 2.45) is 5.73 Å². The Labute approximate surface area is 156 Å². The molecule has 2 N–H and O–H groups in total. The van der Waals surface area contributed by atoms with Crippen molar-refractivity contribution in [1.29, 1.82) is 5.26 Å². The maximum Gasteiger partial charge on any atom is 0.339 e. The van der Waals surface area contributed by atoms with E-state index in [0.29, 0.717) is 11.3 Å². The molecule has 1 aromatic rings. The van der Waals surface area contributed by atoms with Crippen molar-refractivity contribution in [3.8, 4) is 6.07 Å². The van der Waals surface area contributed by atoms with E-state index in [4.69, 9.17) is 19.9 Å². The van der Waals surface area contributed by atoms with Gasteiger partial charge in [-0.1, -0.05) is 18.2 Å². The normalized spacial score (nSPS) is 21.3. The van der Waals surface area contributed by atoms with Gasteiger partial charge in [0.2, 0.25) is 11.8 Å². The lowest BCUT2D eigenvalue weighted by molar-refractivity contribution is -0.142. The largest absolute Gasteiger partial charge is 0.460 e. The van der Waals surface area contributed by atoms with Crippen LogP contribution in [0.2, 0.25) is 0 Å². The summed E-state index contributed by atoms with van der Waals surface area (Å²) in [6, 6.07) is 8.91. The first-order valence-corrected chi connectivity index (χ1v) is 8.24. The molecular weight excluding hydrogens is 350 g/mol. The molecule has 140 valence electrons. The Hall–Kier alpha value is -3.31. The van der Waals surface area contributed by atoms with E-state index in [0.717, 1.165) is 0 Å². The summed E-state index contributed by atoms with van der Waals surface area (Å²) < 4.78 is 15.6. The molecule has 1 spiro atoms. The predicted molar refractivity (Wildman–Crippen MR) is 95.0 cm³/mol. The van der Waals surface area contributed by atoms with Gasteiger partial charge in [0.05, 0.1) is 6.61 Å². The molecule has 0 aromatic heterocycles. The van der Waals surface area contributed by atoms with Crippen LogP contribution in [0.1, 0.15) is 12.5 Å². The third-order valence-corrected chi connectivity index (χ3v) is 4.74. The van der Waals surface area contributed by atoms with Crippen molar-refractivity contribution in [3.63, 3.8) is 0 Å². The van der Waals surface area contributed by atoms with Crippen LogP contribution >= 0.6 is 0 Å². The molecule has 2 heterocycles. The fraction of sp³-hybridized carbons (Fsp3) is 0.316. The molecule has 0 fully saturated rings. The lowest BCUT2D eigenvalue weighted by atomic mass is 9.68. The molecule has 1 atom stereocenters. The highest BCUT2D eigenvalue weighted by atomic mass is 16.6. The zero-order chi connectivity index (χ0) is 19.8. The van der Waals surface area contributed by atoms with Gasteiger partial charge in [-0.05, 0) is 13.0 Å². The number of nitriles is 1. The molecule has 1 amide bonds. The van der Waals surface area contributed by atoms with Gasteiger partial charge in [0, 0.05) is 25.4 Å². The van der Waals surface area contributed by atoms with Gasteiger partial charge in [-0.25, -0.2) is 4.79 Å². The van der Waals surface area contributed by atoms with Crippen molar-refractivity contribution in [2.75, 3.05) is 32.3 Å². The van der Waals surface area contributed by atoms with Crippen LogP contribution in [0, 0.1) is 11.3 Å². The number of hydrogen-bond acceptors (Lipinski definition) is 7. The Kier molecular flexibility index (Phi) is 4.64. The maximum atomic E-state index is 13.4. The average Bonchev–Trinajstić information content (AvgIpc) is 2.85. The number of likely N-dealkylation sites (N-methyl/N-ethyl adjacent to an activating group) is 1. The quantitative estimate of drug-likeness (QED) is 0.624. The van der Waals surface area contributed by atoms with E-state index in [-0.39, 0.29) is 36.0 Å². The van der Waals surface area contributed by atoms with E-state index >= 15 is 0 Å². The Morgan fingerprint density at radius 3 is 2.74 bits per heavy atom. The average molecular weight is 369 g/mol. The summed E-state index contributed by atoms with van der Waals surface area (Å²) in [5.41, 5.74) is 5.13. The fourth-order valence-corrected chi connectivity index (χ4v) is 3.61. The first kappa shape index (κ1) is 18.5. The summed E-state index contributed by atoms with van der Waals surface area (Å²) in [4.78, 5) is 27.7. The van der Waals surface area contributed by atoms with E-state index < -0.39 is 17.3 Å². The molecule has 8 nitrogen and oxygen atoms in total. The number of rotatable bonds is 4. The summed E-state index contributed by atoms with van der Waals surface area (Å²) in [6.07, 6.45) is 0. The number of allylic oxidation sites excluding steroid dienone is 1. The number of carbonyl (C=O) groups excluding carboxylic acids is 2. The van der Waals surface area contributed by atoms with Gasteiger partial charge in [0.25, 0.3) is 0 Å². The van der Waals surface area contributed by atoms with Crippen molar-refractivity contribution in [3.05, 3.63) is 52.6 Å². The van der Waals surface area contributed by atoms with Crippen molar-refractivity contribution < 1.29 is 23.8 Å². The Morgan fingerprint density at radius 2 is 2.07 bits per heavy atom. The minimum Gasteiger partial charge on any atom is -0.460 e. The molecule has 0 radical (unpaired) electrons. The molecule has 3 rings (SSSR count). The second kappa shape index (κ2) is 6.78. The number of nitrogens with zero attached hydrogens (tertiary/aromatic N) is 2. The van der Waals surface area contributed by atoms with E-state index in [1.807, 2.05) is 6.07 Å². The van der Waals surface area contributed by atoms with Crippen molar-refractivity contribution >= 4 is 17.6 Å². The second-order valence-electron chi connectivity index (χ2n) is 6.14. The zero-order valence-electron chi connectivity index (χ0n) is 15.2. The third-order valence-electron chi connectivity index (χ3n) is 4.74. The van der Waals surface area contributed by atoms with Gasteiger partial charge in [-0.3, -0.25) is 4.79 Å². The number of para-hydroxylation sites is 1. The van der Waals surface area contributed by atoms with Crippen LogP contribution in [0.3, 0.4) is 0 Å². The summed E-state index contributed by atoms with van der Waals surface area (Å²) in [5.74, 6) is -1.32. The lowest BCUT2D eigenvalue weighted by Gasteiger charge is -2.34. The molecule has 2 aliphatic rings. The number of esters is 1. The highest BCUT2D eigenvalue weighted by Gasteiger charge is 2.61. The minimum absolute atomic E-state index is 0.00501. The molecule has 27 heavy (non-hydrogen) atoms.